The quantitative estimate of drug-likeness (QED) is 0.846. The Morgan fingerprint density at radius 2 is 2.10 bits per heavy atom. The number of carbonyl (C=O) groups is 1. The normalized spacial score (nSPS) is 16.7. The zero-order valence-electron chi connectivity index (χ0n) is 13.0. The third-order valence-electron chi connectivity index (χ3n) is 3.99. The van der Waals surface area contributed by atoms with Crippen molar-refractivity contribution in [1.29, 1.82) is 0 Å². The molecule has 0 unspecified atom stereocenters. The number of carbonyl (C=O) groups excluding carboxylic acids is 1. The second-order valence-electron chi connectivity index (χ2n) is 5.82. The number of piperidine rings is 1. The monoisotopic (exact) mass is 290 g/mol. The van der Waals surface area contributed by atoms with Gasteiger partial charge in [0, 0.05) is 57.6 Å². The topological polar surface area (TPSA) is 61.6 Å². The molecule has 21 heavy (non-hydrogen) atoms. The lowest BCUT2D eigenvalue weighted by atomic mass is 10.0. The van der Waals surface area contributed by atoms with Crippen LogP contribution in [0, 0.1) is 0 Å². The molecule has 1 aliphatic rings. The van der Waals surface area contributed by atoms with Crippen LogP contribution in [0.2, 0.25) is 0 Å². The lowest BCUT2D eigenvalue weighted by molar-refractivity contribution is 0.0912. The number of hydrogen-bond donors (Lipinski definition) is 2. The van der Waals surface area contributed by atoms with E-state index in [0.29, 0.717) is 6.54 Å². The molecule has 1 amide bonds. The first kappa shape index (κ1) is 15.8. The highest BCUT2D eigenvalue weighted by Gasteiger charge is 2.20. The van der Waals surface area contributed by atoms with Gasteiger partial charge in [0.1, 0.15) is 0 Å². The smallest absolute Gasteiger partial charge is 0.251 e. The van der Waals surface area contributed by atoms with Crippen molar-refractivity contribution >= 4 is 11.6 Å². The maximum atomic E-state index is 12.3. The van der Waals surface area contributed by atoms with E-state index in [1.807, 2.05) is 43.3 Å². The Bertz CT molecular complexity index is 467. The number of hydrogen-bond acceptors (Lipinski definition) is 4. The molecular formula is C16H26N4O. The largest absolute Gasteiger partial charge is 0.378 e. The van der Waals surface area contributed by atoms with E-state index in [-0.39, 0.29) is 11.9 Å². The van der Waals surface area contributed by atoms with Gasteiger partial charge in [0.2, 0.25) is 0 Å². The average Bonchev–Trinajstić information content (AvgIpc) is 2.49. The Labute approximate surface area is 127 Å². The summed E-state index contributed by atoms with van der Waals surface area (Å²) in [6.45, 7) is 3.68. The highest BCUT2D eigenvalue weighted by Crippen LogP contribution is 2.15. The molecule has 0 atom stereocenters. The molecule has 2 rings (SSSR count). The third-order valence-corrected chi connectivity index (χ3v) is 3.99. The van der Waals surface area contributed by atoms with Gasteiger partial charge in [-0.1, -0.05) is 6.07 Å². The second-order valence-corrected chi connectivity index (χ2v) is 5.82. The van der Waals surface area contributed by atoms with Crippen molar-refractivity contribution in [3.8, 4) is 0 Å². The molecule has 116 valence electrons. The number of amides is 1. The SMILES string of the molecule is CN(C)c1cccc(C(=O)NC2CCN(CCN)CC2)c1. The second kappa shape index (κ2) is 7.43. The summed E-state index contributed by atoms with van der Waals surface area (Å²) < 4.78 is 0. The van der Waals surface area contributed by atoms with Crippen molar-refractivity contribution in [1.82, 2.24) is 10.2 Å². The minimum absolute atomic E-state index is 0.0241. The van der Waals surface area contributed by atoms with Gasteiger partial charge in [-0.2, -0.15) is 0 Å². The van der Waals surface area contributed by atoms with Crippen LogP contribution >= 0.6 is 0 Å². The maximum absolute atomic E-state index is 12.3. The molecule has 5 nitrogen and oxygen atoms in total. The molecule has 0 bridgehead atoms. The van der Waals surface area contributed by atoms with Crippen molar-refractivity contribution in [2.24, 2.45) is 5.73 Å². The summed E-state index contributed by atoms with van der Waals surface area (Å²) in [7, 11) is 3.95. The fourth-order valence-corrected chi connectivity index (χ4v) is 2.68. The van der Waals surface area contributed by atoms with E-state index in [1.54, 1.807) is 0 Å². The van der Waals surface area contributed by atoms with E-state index in [9.17, 15) is 4.79 Å². The van der Waals surface area contributed by atoms with Crippen LogP contribution in [-0.4, -0.2) is 57.1 Å². The van der Waals surface area contributed by atoms with Crippen molar-refractivity contribution < 1.29 is 4.79 Å². The van der Waals surface area contributed by atoms with Gasteiger partial charge < -0.3 is 20.9 Å². The molecule has 0 aromatic heterocycles. The molecule has 1 aromatic carbocycles. The van der Waals surface area contributed by atoms with Gasteiger partial charge in [0.05, 0.1) is 0 Å². The van der Waals surface area contributed by atoms with Crippen LogP contribution in [0.4, 0.5) is 5.69 Å². The highest BCUT2D eigenvalue weighted by molar-refractivity contribution is 5.95. The molecule has 1 saturated heterocycles. The van der Waals surface area contributed by atoms with Gasteiger partial charge in [0.15, 0.2) is 0 Å². The Morgan fingerprint density at radius 1 is 1.38 bits per heavy atom. The molecule has 5 heteroatoms. The molecule has 1 aliphatic heterocycles. The summed E-state index contributed by atoms with van der Waals surface area (Å²) in [5.41, 5.74) is 7.34. The Kier molecular flexibility index (Phi) is 5.59. The predicted octanol–water partition coefficient (Wildman–Crippen LogP) is 0.906. The van der Waals surface area contributed by atoms with E-state index >= 15 is 0 Å². The first-order valence-electron chi connectivity index (χ1n) is 7.61. The molecule has 1 fully saturated rings. The number of nitrogens with two attached hydrogens (primary N) is 1. The van der Waals surface area contributed by atoms with Gasteiger partial charge >= 0.3 is 0 Å². The average molecular weight is 290 g/mol. The number of anilines is 1. The summed E-state index contributed by atoms with van der Waals surface area (Å²) >= 11 is 0. The Balaban J connectivity index is 1.89. The number of rotatable bonds is 5. The zero-order valence-corrected chi connectivity index (χ0v) is 13.0. The summed E-state index contributed by atoms with van der Waals surface area (Å²) in [6, 6.07) is 8.00. The maximum Gasteiger partial charge on any atom is 0.251 e. The van der Waals surface area contributed by atoms with Crippen LogP contribution in [-0.2, 0) is 0 Å². The van der Waals surface area contributed by atoms with E-state index in [1.165, 1.54) is 0 Å². The van der Waals surface area contributed by atoms with Gasteiger partial charge in [-0.15, -0.1) is 0 Å². The molecule has 3 N–H and O–H groups in total. The van der Waals surface area contributed by atoms with Crippen molar-refractivity contribution in [2.45, 2.75) is 18.9 Å². The van der Waals surface area contributed by atoms with Crippen molar-refractivity contribution in [3.63, 3.8) is 0 Å². The van der Waals surface area contributed by atoms with Crippen LogP contribution in [0.1, 0.15) is 23.2 Å². The third kappa shape index (κ3) is 4.44. The van der Waals surface area contributed by atoms with Crippen LogP contribution in [0.5, 0.6) is 0 Å². The fraction of sp³-hybridized carbons (Fsp3) is 0.562. The summed E-state index contributed by atoms with van der Waals surface area (Å²) in [4.78, 5) is 16.7. The van der Waals surface area contributed by atoms with E-state index in [4.69, 9.17) is 5.73 Å². The Morgan fingerprint density at radius 3 is 2.71 bits per heavy atom. The number of nitrogens with zero attached hydrogens (tertiary/aromatic N) is 2. The molecule has 0 aliphatic carbocycles. The van der Waals surface area contributed by atoms with Gasteiger partial charge in [-0.3, -0.25) is 4.79 Å². The summed E-state index contributed by atoms with van der Waals surface area (Å²) in [5, 5.41) is 3.15. The molecule has 0 radical (unpaired) electrons. The van der Waals surface area contributed by atoms with E-state index in [0.717, 1.165) is 43.7 Å². The van der Waals surface area contributed by atoms with Crippen molar-refractivity contribution in [2.75, 3.05) is 45.2 Å². The standard InChI is InChI=1S/C16H26N4O/c1-19(2)15-5-3-4-13(12-15)16(21)18-14-6-9-20(10-7-14)11-8-17/h3-5,12,14H,6-11,17H2,1-2H3,(H,18,21). The zero-order chi connectivity index (χ0) is 15.2. The first-order valence-corrected chi connectivity index (χ1v) is 7.61. The van der Waals surface area contributed by atoms with Gasteiger partial charge in [0.25, 0.3) is 5.91 Å². The highest BCUT2D eigenvalue weighted by atomic mass is 16.1. The summed E-state index contributed by atoms with van der Waals surface area (Å²) in [6.07, 6.45) is 2.00. The predicted molar refractivity (Wildman–Crippen MR) is 86.8 cm³/mol. The Hall–Kier alpha value is -1.59. The van der Waals surface area contributed by atoms with Gasteiger partial charge in [-0.05, 0) is 31.0 Å². The molecule has 0 saturated carbocycles. The van der Waals surface area contributed by atoms with E-state index < -0.39 is 0 Å². The van der Waals surface area contributed by atoms with Crippen LogP contribution in [0.25, 0.3) is 0 Å². The number of benzene rings is 1. The minimum atomic E-state index is 0.0241. The van der Waals surface area contributed by atoms with E-state index in [2.05, 4.69) is 10.2 Å². The van der Waals surface area contributed by atoms with Crippen molar-refractivity contribution in [3.05, 3.63) is 29.8 Å². The first-order chi connectivity index (χ1) is 10.1. The summed E-state index contributed by atoms with van der Waals surface area (Å²) in [5.74, 6) is 0.0241. The van der Waals surface area contributed by atoms with Gasteiger partial charge in [-0.25, -0.2) is 0 Å². The van der Waals surface area contributed by atoms with Crippen LogP contribution < -0.4 is 16.0 Å². The van der Waals surface area contributed by atoms with Crippen LogP contribution in [0.15, 0.2) is 24.3 Å². The number of likely N-dealkylation sites (tertiary alicyclic amines) is 1. The fourth-order valence-electron chi connectivity index (χ4n) is 2.68. The number of nitrogens with one attached hydrogen (secondary N) is 1. The molecule has 0 spiro atoms. The molecule has 1 heterocycles. The minimum Gasteiger partial charge on any atom is -0.378 e. The molecule has 1 aromatic rings. The molecular weight excluding hydrogens is 264 g/mol. The lowest BCUT2D eigenvalue weighted by Crippen LogP contribution is -2.45. The lowest BCUT2D eigenvalue weighted by Gasteiger charge is -2.32. The van der Waals surface area contributed by atoms with Crippen LogP contribution in [0.3, 0.4) is 0 Å².